The molecule has 0 spiro atoms. The SMILES string of the molecule is CCN(Cc1ccccc1)C1=C(c2ccccc2)C(=O)N(CCc2ccc(OC)cc2)C1=O. The van der Waals surface area contributed by atoms with Crippen LogP contribution < -0.4 is 4.74 Å². The van der Waals surface area contributed by atoms with Crippen LogP contribution in [0.4, 0.5) is 0 Å². The predicted octanol–water partition coefficient (Wildman–Crippen LogP) is 4.54. The second-order valence-corrected chi connectivity index (χ2v) is 7.95. The average molecular weight is 441 g/mol. The van der Waals surface area contributed by atoms with Gasteiger partial charge < -0.3 is 9.64 Å². The Kier molecular flexibility index (Phi) is 6.89. The molecule has 0 N–H and O–H groups in total. The van der Waals surface area contributed by atoms with Crippen LogP contribution in [-0.4, -0.2) is 41.8 Å². The van der Waals surface area contributed by atoms with E-state index in [1.165, 1.54) is 4.90 Å². The van der Waals surface area contributed by atoms with E-state index in [2.05, 4.69) is 0 Å². The number of likely N-dealkylation sites (N-methyl/N-ethyl adjacent to an activating group) is 1. The molecule has 168 valence electrons. The summed E-state index contributed by atoms with van der Waals surface area (Å²) in [7, 11) is 1.63. The van der Waals surface area contributed by atoms with Crippen molar-refractivity contribution in [2.45, 2.75) is 19.9 Å². The number of ether oxygens (including phenoxy) is 1. The zero-order chi connectivity index (χ0) is 23.2. The Morgan fingerprint density at radius 2 is 1.42 bits per heavy atom. The first-order chi connectivity index (χ1) is 16.1. The average Bonchev–Trinajstić information content (AvgIpc) is 3.12. The van der Waals surface area contributed by atoms with Gasteiger partial charge in [0, 0.05) is 19.6 Å². The van der Waals surface area contributed by atoms with Gasteiger partial charge in [-0.25, -0.2) is 0 Å². The van der Waals surface area contributed by atoms with Crippen molar-refractivity contribution >= 4 is 17.4 Å². The van der Waals surface area contributed by atoms with E-state index in [4.69, 9.17) is 4.74 Å². The van der Waals surface area contributed by atoms with Crippen LogP contribution in [0.25, 0.3) is 5.57 Å². The summed E-state index contributed by atoms with van der Waals surface area (Å²) in [5, 5.41) is 0. The summed E-state index contributed by atoms with van der Waals surface area (Å²) in [5.41, 5.74) is 3.86. The number of amides is 2. The number of rotatable bonds is 9. The Bertz CT molecular complexity index is 1140. The molecule has 0 atom stereocenters. The van der Waals surface area contributed by atoms with E-state index in [-0.39, 0.29) is 11.8 Å². The number of carbonyl (C=O) groups excluding carboxylic acids is 2. The lowest BCUT2D eigenvalue weighted by atomic mass is 10.0. The van der Waals surface area contributed by atoms with Gasteiger partial charge in [0.25, 0.3) is 11.8 Å². The first-order valence-electron chi connectivity index (χ1n) is 11.2. The van der Waals surface area contributed by atoms with Crippen molar-refractivity contribution in [2.75, 3.05) is 20.2 Å². The van der Waals surface area contributed by atoms with Crippen molar-refractivity contribution < 1.29 is 14.3 Å². The van der Waals surface area contributed by atoms with Gasteiger partial charge in [0.1, 0.15) is 11.4 Å². The van der Waals surface area contributed by atoms with Crippen molar-refractivity contribution in [3.05, 3.63) is 107 Å². The Labute approximate surface area is 194 Å². The zero-order valence-corrected chi connectivity index (χ0v) is 19.0. The number of hydrogen-bond acceptors (Lipinski definition) is 4. The monoisotopic (exact) mass is 440 g/mol. The van der Waals surface area contributed by atoms with Crippen molar-refractivity contribution in [2.24, 2.45) is 0 Å². The van der Waals surface area contributed by atoms with Gasteiger partial charge in [-0.3, -0.25) is 14.5 Å². The van der Waals surface area contributed by atoms with Gasteiger partial charge in [0.2, 0.25) is 0 Å². The zero-order valence-electron chi connectivity index (χ0n) is 19.0. The van der Waals surface area contributed by atoms with Gasteiger partial charge in [-0.2, -0.15) is 0 Å². The molecule has 0 unspecified atom stereocenters. The summed E-state index contributed by atoms with van der Waals surface area (Å²) in [6.07, 6.45) is 0.585. The highest BCUT2D eigenvalue weighted by Gasteiger charge is 2.40. The summed E-state index contributed by atoms with van der Waals surface area (Å²) in [4.78, 5) is 30.5. The summed E-state index contributed by atoms with van der Waals surface area (Å²) < 4.78 is 5.22. The molecule has 0 saturated carbocycles. The molecule has 0 fully saturated rings. The molecular formula is C28H28N2O3. The second-order valence-electron chi connectivity index (χ2n) is 7.95. The van der Waals surface area contributed by atoms with E-state index < -0.39 is 0 Å². The third kappa shape index (κ3) is 4.82. The quantitative estimate of drug-likeness (QED) is 0.459. The van der Waals surface area contributed by atoms with E-state index in [0.717, 1.165) is 22.4 Å². The number of nitrogens with zero attached hydrogens (tertiary/aromatic N) is 2. The Morgan fingerprint density at radius 3 is 2.03 bits per heavy atom. The van der Waals surface area contributed by atoms with E-state index in [0.29, 0.717) is 37.3 Å². The van der Waals surface area contributed by atoms with Crippen LogP contribution in [0, 0.1) is 0 Å². The summed E-state index contributed by atoms with van der Waals surface area (Å²) in [5.74, 6) is 0.313. The van der Waals surface area contributed by atoms with Crippen LogP contribution in [0.2, 0.25) is 0 Å². The van der Waals surface area contributed by atoms with Crippen molar-refractivity contribution in [3.8, 4) is 5.75 Å². The standard InChI is InChI=1S/C28H28N2O3/c1-3-29(20-22-10-6-4-7-11-22)26-25(23-12-8-5-9-13-23)27(31)30(28(26)32)19-18-21-14-16-24(33-2)17-15-21/h4-17H,3,18-20H2,1-2H3. The third-order valence-electron chi connectivity index (χ3n) is 5.90. The highest BCUT2D eigenvalue weighted by atomic mass is 16.5. The predicted molar refractivity (Wildman–Crippen MR) is 129 cm³/mol. The van der Waals surface area contributed by atoms with Crippen LogP contribution in [0.5, 0.6) is 5.75 Å². The van der Waals surface area contributed by atoms with E-state index in [9.17, 15) is 9.59 Å². The van der Waals surface area contributed by atoms with Crippen LogP contribution in [0.1, 0.15) is 23.6 Å². The molecule has 3 aromatic rings. The topological polar surface area (TPSA) is 49.9 Å². The molecule has 1 heterocycles. The largest absolute Gasteiger partial charge is 0.497 e. The fourth-order valence-corrected chi connectivity index (χ4v) is 4.11. The molecular weight excluding hydrogens is 412 g/mol. The molecule has 0 aliphatic carbocycles. The lowest BCUT2D eigenvalue weighted by Gasteiger charge is -2.25. The van der Waals surface area contributed by atoms with Crippen molar-refractivity contribution in [3.63, 3.8) is 0 Å². The minimum Gasteiger partial charge on any atom is -0.497 e. The minimum absolute atomic E-state index is 0.231. The number of hydrogen-bond donors (Lipinski definition) is 0. The van der Waals surface area contributed by atoms with Crippen molar-refractivity contribution in [1.29, 1.82) is 0 Å². The Hall–Kier alpha value is -3.86. The second kappa shape index (κ2) is 10.2. The van der Waals surface area contributed by atoms with Gasteiger partial charge >= 0.3 is 0 Å². The van der Waals surface area contributed by atoms with Crippen molar-refractivity contribution in [1.82, 2.24) is 9.80 Å². The molecule has 4 rings (SSSR count). The van der Waals surface area contributed by atoms with Gasteiger partial charge in [-0.15, -0.1) is 0 Å². The Balaban J connectivity index is 1.63. The fourth-order valence-electron chi connectivity index (χ4n) is 4.11. The maximum Gasteiger partial charge on any atom is 0.277 e. The third-order valence-corrected chi connectivity index (χ3v) is 5.90. The number of methoxy groups -OCH3 is 1. The molecule has 1 aliphatic heterocycles. The Morgan fingerprint density at radius 1 is 0.788 bits per heavy atom. The molecule has 0 saturated heterocycles. The number of benzene rings is 3. The molecule has 1 aliphatic rings. The maximum atomic E-state index is 13.6. The maximum absolute atomic E-state index is 13.6. The lowest BCUT2D eigenvalue weighted by molar-refractivity contribution is -0.137. The highest BCUT2D eigenvalue weighted by molar-refractivity contribution is 6.35. The number of carbonyl (C=O) groups is 2. The van der Waals surface area contributed by atoms with Gasteiger partial charge in [0.15, 0.2) is 0 Å². The highest BCUT2D eigenvalue weighted by Crippen LogP contribution is 2.32. The van der Waals surface area contributed by atoms with E-state index in [1.807, 2.05) is 96.8 Å². The smallest absolute Gasteiger partial charge is 0.277 e. The first-order valence-corrected chi connectivity index (χ1v) is 11.2. The van der Waals surface area contributed by atoms with Gasteiger partial charge in [-0.1, -0.05) is 72.8 Å². The number of imide groups is 1. The minimum atomic E-state index is -0.235. The molecule has 0 aromatic heterocycles. The molecule has 2 amide bonds. The van der Waals surface area contributed by atoms with Crippen LogP contribution in [0.3, 0.4) is 0 Å². The van der Waals surface area contributed by atoms with Crippen LogP contribution in [-0.2, 0) is 22.6 Å². The van der Waals surface area contributed by atoms with Gasteiger partial charge in [0.05, 0.1) is 12.7 Å². The summed E-state index contributed by atoms with van der Waals surface area (Å²) in [6, 6.07) is 27.2. The van der Waals surface area contributed by atoms with E-state index in [1.54, 1.807) is 7.11 Å². The first kappa shape index (κ1) is 22.3. The molecule has 0 radical (unpaired) electrons. The lowest BCUT2D eigenvalue weighted by Crippen LogP contribution is -2.36. The molecule has 5 heteroatoms. The molecule has 33 heavy (non-hydrogen) atoms. The summed E-state index contributed by atoms with van der Waals surface area (Å²) in [6.45, 7) is 3.52. The van der Waals surface area contributed by atoms with Crippen LogP contribution in [0.15, 0.2) is 90.6 Å². The molecule has 0 bridgehead atoms. The van der Waals surface area contributed by atoms with Gasteiger partial charge in [-0.05, 0) is 42.2 Å². The fraction of sp³-hybridized carbons (Fsp3) is 0.214. The van der Waals surface area contributed by atoms with Crippen LogP contribution >= 0.6 is 0 Å². The molecule has 3 aromatic carbocycles. The summed E-state index contributed by atoms with van der Waals surface area (Å²) >= 11 is 0. The normalized spacial score (nSPS) is 13.6. The van der Waals surface area contributed by atoms with E-state index >= 15 is 0 Å². The molecule has 5 nitrogen and oxygen atoms in total.